The fourth-order valence-electron chi connectivity index (χ4n) is 3.22. The molecule has 0 amide bonds. The van der Waals surface area contributed by atoms with E-state index < -0.39 is 10.0 Å². The zero-order chi connectivity index (χ0) is 14.4. The Hall–Kier alpha value is -0.170. The van der Waals surface area contributed by atoms with Gasteiger partial charge in [0.05, 0.1) is 5.75 Å². The van der Waals surface area contributed by atoms with Gasteiger partial charge in [0.15, 0.2) is 0 Å². The Morgan fingerprint density at radius 3 is 2.80 bits per heavy atom. The van der Waals surface area contributed by atoms with Crippen LogP contribution in [0.25, 0.3) is 0 Å². The summed E-state index contributed by atoms with van der Waals surface area (Å²) in [7, 11) is -3.13. The number of nitrogens with zero attached hydrogens (tertiary/aromatic N) is 1. The number of nitrogens with one attached hydrogen (secondary N) is 2. The van der Waals surface area contributed by atoms with Gasteiger partial charge in [-0.05, 0) is 51.7 Å². The van der Waals surface area contributed by atoms with Crippen LogP contribution in [0.3, 0.4) is 0 Å². The van der Waals surface area contributed by atoms with Gasteiger partial charge in [0.25, 0.3) is 0 Å². The number of sulfonamides is 1. The third-order valence-electron chi connectivity index (χ3n) is 4.45. The number of likely N-dealkylation sites (N-methyl/N-ethyl adjacent to an activating group) is 1. The van der Waals surface area contributed by atoms with Crippen LogP contribution in [0.4, 0.5) is 0 Å². The molecule has 2 atom stereocenters. The highest BCUT2D eigenvalue weighted by Crippen LogP contribution is 2.13. The van der Waals surface area contributed by atoms with Gasteiger partial charge >= 0.3 is 0 Å². The van der Waals surface area contributed by atoms with Crippen molar-refractivity contribution in [3.8, 4) is 0 Å². The van der Waals surface area contributed by atoms with Crippen LogP contribution in [-0.4, -0.2) is 57.3 Å². The van der Waals surface area contributed by atoms with Gasteiger partial charge in [-0.1, -0.05) is 13.3 Å². The van der Waals surface area contributed by atoms with Gasteiger partial charge in [0, 0.05) is 18.6 Å². The van der Waals surface area contributed by atoms with Crippen LogP contribution < -0.4 is 10.0 Å². The normalized spacial score (nSPS) is 29.4. The van der Waals surface area contributed by atoms with Crippen molar-refractivity contribution in [2.24, 2.45) is 0 Å². The molecule has 0 aromatic carbocycles. The third-order valence-corrected chi connectivity index (χ3v) is 5.91. The molecular formula is C14H29N3O2S. The quantitative estimate of drug-likeness (QED) is 0.766. The second kappa shape index (κ2) is 7.73. The molecule has 6 heteroatoms. The Kier molecular flexibility index (Phi) is 6.26. The van der Waals surface area contributed by atoms with E-state index in [1.165, 1.54) is 12.8 Å². The van der Waals surface area contributed by atoms with E-state index in [1.54, 1.807) is 0 Å². The van der Waals surface area contributed by atoms with E-state index in [-0.39, 0.29) is 11.8 Å². The minimum Gasteiger partial charge on any atom is -0.314 e. The predicted octanol–water partition coefficient (Wildman–Crippen LogP) is 0.922. The SMILES string of the molecule is CCN1CCCC(NS(=O)(=O)CCC2CCCCN2)C1. The molecule has 118 valence electrons. The highest BCUT2D eigenvalue weighted by molar-refractivity contribution is 7.89. The van der Waals surface area contributed by atoms with E-state index in [0.29, 0.717) is 6.04 Å². The maximum Gasteiger partial charge on any atom is 0.211 e. The van der Waals surface area contributed by atoms with Crippen LogP contribution >= 0.6 is 0 Å². The molecule has 2 fully saturated rings. The lowest BCUT2D eigenvalue weighted by Gasteiger charge is -2.32. The average Bonchev–Trinajstić information content (AvgIpc) is 2.46. The number of piperidine rings is 2. The van der Waals surface area contributed by atoms with Crippen LogP contribution in [-0.2, 0) is 10.0 Å². The molecule has 2 saturated heterocycles. The van der Waals surface area contributed by atoms with E-state index in [1.807, 2.05) is 0 Å². The Bertz CT molecular complexity index is 380. The lowest BCUT2D eigenvalue weighted by molar-refractivity contribution is 0.211. The summed E-state index contributed by atoms with van der Waals surface area (Å²) in [4.78, 5) is 2.32. The van der Waals surface area contributed by atoms with Crippen molar-refractivity contribution in [3.05, 3.63) is 0 Å². The van der Waals surface area contributed by atoms with Crippen molar-refractivity contribution >= 4 is 10.0 Å². The predicted molar refractivity (Wildman–Crippen MR) is 82.3 cm³/mol. The fourth-order valence-corrected chi connectivity index (χ4v) is 4.63. The van der Waals surface area contributed by atoms with Crippen LogP contribution in [0.2, 0.25) is 0 Å². The molecule has 2 heterocycles. The minimum absolute atomic E-state index is 0.105. The molecule has 2 aliphatic rings. The first-order valence-corrected chi connectivity index (χ1v) is 9.70. The van der Waals surface area contributed by atoms with Gasteiger partial charge in [-0.2, -0.15) is 0 Å². The summed E-state index contributed by atoms with van der Waals surface area (Å²) in [6, 6.07) is 0.492. The highest BCUT2D eigenvalue weighted by atomic mass is 32.2. The van der Waals surface area contributed by atoms with Crippen LogP contribution in [0.5, 0.6) is 0 Å². The second-order valence-corrected chi connectivity index (χ2v) is 7.98. The van der Waals surface area contributed by atoms with Gasteiger partial charge in [0.1, 0.15) is 0 Å². The number of hydrogen-bond acceptors (Lipinski definition) is 4. The third kappa shape index (κ3) is 5.31. The van der Waals surface area contributed by atoms with Gasteiger partial charge in [-0.15, -0.1) is 0 Å². The summed E-state index contributed by atoms with van der Waals surface area (Å²) < 4.78 is 27.3. The van der Waals surface area contributed by atoms with Crippen molar-refractivity contribution in [3.63, 3.8) is 0 Å². The first-order valence-electron chi connectivity index (χ1n) is 8.05. The summed E-state index contributed by atoms with van der Waals surface area (Å²) >= 11 is 0. The molecule has 0 radical (unpaired) electrons. The highest BCUT2D eigenvalue weighted by Gasteiger charge is 2.24. The molecule has 2 unspecified atom stereocenters. The Morgan fingerprint density at radius 1 is 1.25 bits per heavy atom. The van der Waals surface area contributed by atoms with Gasteiger partial charge in [0.2, 0.25) is 10.0 Å². The van der Waals surface area contributed by atoms with Crippen LogP contribution in [0, 0.1) is 0 Å². The number of rotatable bonds is 6. The van der Waals surface area contributed by atoms with E-state index in [4.69, 9.17) is 0 Å². The largest absolute Gasteiger partial charge is 0.314 e. The summed E-state index contributed by atoms with van der Waals surface area (Å²) in [5, 5.41) is 3.41. The lowest BCUT2D eigenvalue weighted by Crippen LogP contribution is -2.48. The molecule has 0 aromatic heterocycles. The summed E-state index contributed by atoms with van der Waals surface area (Å²) in [6.07, 6.45) is 6.35. The molecule has 0 spiro atoms. The summed E-state index contributed by atoms with van der Waals surface area (Å²) in [5.41, 5.74) is 0. The maximum absolute atomic E-state index is 12.2. The number of likely N-dealkylation sites (tertiary alicyclic amines) is 1. The van der Waals surface area contributed by atoms with E-state index >= 15 is 0 Å². The van der Waals surface area contributed by atoms with E-state index in [2.05, 4.69) is 21.9 Å². The van der Waals surface area contributed by atoms with Crippen molar-refractivity contribution in [1.82, 2.24) is 14.9 Å². The first-order chi connectivity index (χ1) is 9.59. The lowest BCUT2D eigenvalue weighted by atomic mass is 10.0. The maximum atomic E-state index is 12.2. The summed E-state index contributed by atoms with van der Waals surface area (Å²) in [6.45, 7) is 6.13. The smallest absolute Gasteiger partial charge is 0.211 e. The Labute approximate surface area is 123 Å². The zero-order valence-electron chi connectivity index (χ0n) is 12.6. The molecule has 0 aromatic rings. The van der Waals surface area contributed by atoms with Gasteiger partial charge in [-0.3, -0.25) is 0 Å². The fraction of sp³-hybridized carbons (Fsp3) is 1.00. The molecule has 0 saturated carbocycles. The molecule has 0 bridgehead atoms. The minimum atomic E-state index is -3.13. The zero-order valence-corrected chi connectivity index (χ0v) is 13.4. The molecule has 0 aliphatic carbocycles. The average molecular weight is 303 g/mol. The van der Waals surface area contributed by atoms with Crippen molar-refractivity contribution in [2.45, 2.75) is 57.5 Å². The van der Waals surface area contributed by atoms with Crippen molar-refractivity contribution in [1.29, 1.82) is 0 Å². The van der Waals surface area contributed by atoms with Crippen LogP contribution in [0.15, 0.2) is 0 Å². The summed E-state index contributed by atoms with van der Waals surface area (Å²) in [5.74, 6) is 0.257. The first kappa shape index (κ1) is 16.2. The standard InChI is InChI=1S/C14H29N3O2S/c1-2-17-10-5-7-14(12-17)16-20(18,19)11-8-13-6-3-4-9-15-13/h13-16H,2-12H2,1H3. The van der Waals surface area contributed by atoms with E-state index in [9.17, 15) is 8.42 Å². The van der Waals surface area contributed by atoms with Crippen LogP contribution in [0.1, 0.15) is 45.4 Å². The molecule has 2 N–H and O–H groups in total. The second-order valence-electron chi connectivity index (χ2n) is 6.10. The molecule has 2 rings (SSSR count). The van der Waals surface area contributed by atoms with Gasteiger partial charge in [-0.25, -0.2) is 13.1 Å². The van der Waals surface area contributed by atoms with Crippen molar-refractivity contribution < 1.29 is 8.42 Å². The Balaban J connectivity index is 1.75. The molecular weight excluding hydrogens is 274 g/mol. The van der Waals surface area contributed by atoms with Crippen molar-refractivity contribution in [2.75, 3.05) is 31.9 Å². The van der Waals surface area contributed by atoms with Gasteiger partial charge < -0.3 is 10.2 Å². The van der Waals surface area contributed by atoms with E-state index in [0.717, 1.165) is 51.9 Å². The monoisotopic (exact) mass is 303 g/mol. The molecule has 20 heavy (non-hydrogen) atoms. The molecule has 5 nitrogen and oxygen atoms in total. The Morgan fingerprint density at radius 2 is 2.10 bits per heavy atom. The topological polar surface area (TPSA) is 61.4 Å². The molecule has 2 aliphatic heterocycles. The number of hydrogen-bond donors (Lipinski definition) is 2.